The third-order valence-electron chi connectivity index (χ3n) is 7.01. The standard InChI is InChI=1S/C27H32F2N2O6/c1-35-15-25(33)31-21(10-16-8-18(28)12-19(29)9-16)23(32)14-30-22-13-27(6-3-7-27)37-24-5-4-17(11-20(22)24)26(34)36-2/h4-5,8-9,11-12,21-23,30,32H,3,6-7,10,13-15H2,1-2H3,(H,31,33)/t21-,22-,23+/m0/s1. The van der Waals surface area contributed by atoms with Gasteiger partial charge in [-0.05, 0) is 61.6 Å². The van der Waals surface area contributed by atoms with Crippen LogP contribution in [0.2, 0.25) is 0 Å². The molecule has 8 nitrogen and oxygen atoms in total. The Labute approximate surface area is 214 Å². The van der Waals surface area contributed by atoms with Gasteiger partial charge in [0.05, 0.1) is 24.8 Å². The smallest absolute Gasteiger partial charge is 0.337 e. The molecule has 200 valence electrons. The Hall–Kier alpha value is -3.08. The van der Waals surface area contributed by atoms with Gasteiger partial charge in [0, 0.05) is 37.7 Å². The average molecular weight is 519 g/mol. The number of benzene rings is 2. The first-order valence-corrected chi connectivity index (χ1v) is 12.3. The summed E-state index contributed by atoms with van der Waals surface area (Å²) in [6.07, 6.45) is 2.43. The van der Waals surface area contributed by atoms with Gasteiger partial charge in [0.25, 0.3) is 0 Å². The number of carbonyl (C=O) groups is 2. The molecule has 1 fully saturated rings. The Morgan fingerprint density at radius 2 is 1.89 bits per heavy atom. The van der Waals surface area contributed by atoms with Crippen molar-refractivity contribution < 1.29 is 37.7 Å². The molecule has 3 N–H and O–H groups in total. The van der Waals surface area contributed by atoms with Gasteiger partial charge in [0.1, 0.15) is 29.6 Å². The summed E-state index contributed by atoms with van der Waals surface area (Å²) in [5, 5.41) is 17.1. The molecule has 10 heteroatoms. The molecule has 1 heterocycles. The summed E-state index contributed by atoms with van der Waals surface area (Å²) < 4.78 is 43.5. The van der Waals surface area contributed by atoms with Crippen LogP contribution in [0.25, 0.3) is 0 Å². The lowest BCUT2D eigenvalue weighted by molar-refractivity contribution is -0.126. The molecule has 1 amide bonds. The third-order valence-corrected chi connectivity index (χ3v) is 7.01. The van der Waals surface area contributed by atoms with Crippen molar-refractivity contribution in [3.8, 4) is 5.75 Å². The SMILES string of the molecule is COCC(=O)N[C@@H](Cc1cc(F)cc(F)c1)[C@H](O)CN[C@H]1CC2(CCC2)Oc2ccc(C(=O)OC)cc21. The lowest BCUT2D eigenvalue weighted by Gasteiger charge is -2.48. The molecule has 0 unspecified atom stereocenters. The van der Waals surface area contributed by atoms with Gasteiger partial charge in [-0.2, -0.15) is 0 Å². The molecule has 2 aromatic rings. The van der Waals surface area contributed by atoms with Crippen LogP contribution in [-0.2, 0) is 20.7 Å². The predicted molar refractivity (Wildman–Crippen MR) is 130 cm³/mol. The molecule has 0 radical (unpaired) electrons. The summed E-state index contributed by atoms with van der Waals surface area (Å²) in [5.74, 6) is -1.73. The number of rotatable bonds is 10. The zero-order chi connectivity index (χ0) is 26.6. The van der Waals surface area contributed by atoms with E-state index in [1.165, 1.54) is 26.4 Å². The number of halogens is 2. The number of aliphatic hydroxyl groups is 1. The van der Waals surface area contributed by atoms with E-state index in [-0.39, 0.29) is 31.2 Å². The number of fused-ring (bicyclic) bond motifs is 1. The zero-order valence-corrected chi connectivity index (χ0v) is 20.9. The van der Waals surface area contributed by atoms with E-state index in [0.717, 1.165) is 30.9 Å². The van der Waals surface area contributed by atoms with Crippen LogP contribution in [0, 0.1) is 11.6 Å². The lowest BCUT2D eigenvalue weighted by atomic mass is 9.72. The number of nitrogens with one attached hydrogen (secondary N) is 2. The van der Waals surface area contributed by atoms with Gasteiger partial charge >= 0.3 is 5.97 Å². The Morgan fingerprint density at radius 1 is 1.16 bits per heavy atom. The summed E-state index contributed by atoms with van der Waals surface area (Å²) in [6.45, 7) is -0.154. The van der Waals surface area contributed by atoms with Crippen LogP contribution in [0.1, 0.15) is 53.2 Å². The normalized spacial score (nSPS) is 19.2. The minimum Gasteiger partial charge on any atom is -0.487 e. The number of methoxy groups -OCH3 is 2. The highest BCUT2D eigenvalue weighted by Crippen LogP contribution is 2.49. The van der Waals surface area contributed by atoms with Crippen LogP contribution in [0.3, 0.4) is 0 Å². The van der Waals surface area contributed by atoms with Gasteiger partial charge in [0.2, 0.25) is 5.91 Å². The third kappa shape index (κ3) is 6.44. The molecule has 3 atom stereocenters. The maximum Gasteiger partial charge on any atom is 0.337 e. The first-order valence-electron chi connectivity index (χ1n) is 12.3. The molecule has 0 bridgehead atoms. The molecule has 1 aliphatic heterocycles. The van der Waals surface area contributed by atoms with Crippen molar-refractivity contribution in [1.29, 1.82) is 0 Å². The molecule has 4 rings (SSSR count). The highest BCUT2D eigenvalue weighted by molar-refractivity contribution is 5.89. The molecule has 2 aliphatic rings. The molecule has 0 saturated heterocycles. The van der Waals surface area contributed by atoms with Gasteiger partial charge in [-0.3, -0.25) is 4.79 Å². The molecular weight excluding hydrogens is 486 g/mol. The summed E-state index contributed by atoms with van der Waals surface area (Å²) in [4.78, 5) is 24.3. The van der Waals surface area contributed by atoms with Crippen molar-refractivity contribution in [2.75, 3.05) is 27.4 Å². The van der Waals surface area contributed by atoms with Crippen molar-refractivity contribution in [3.05, 3.63) is 64.7 Å². The van der Waals surface area contributed by atoms with Crippen molar-refractivity contribution in [3.63, 3.8) is 0 Å². The quantitative estimate of drug-likeness (QED) is 0.416. The van der Waals surface area contributed by atoms with E-state index in [9.17, 15) is 23.5 Å². The Kier molecular flexibility index (Phi) is 8.41. The Balaban J connectivity index is 1.52. The van der Waals surface area contributed by atoms with E-state index >= 15 is 0 Å². The molecule has 0 aromatic heterocycles. The minimum absolute atomic E-state index is 0.00771. The highest BCUT2D eigenvalue weighted by atomic mass is 19.1. The lowest BCUT2D eigenvalue weighted by Crippen LogP contribution is -2.52. The monoisotopic (exact) mass is 518 g/mol. The number of hydrogen-bond donors (Lipinski definition) is 3. The largest absolute Gasteiger partial charge is 0.487 e. The van der Waals surface area contributed by atoms with Crippen molar-refractivity contribution in [1.82, 2.24) is 10.6 Å². The van der Waals surface area contributed by atoms with E-state index in [1.807, 2.05) is 0 Å². The van der Waals surface area contributed by atoms with E-state index in [2.05, 4.69) is 10.6 Å². The fraction of sp³-hybridized carbons (Fsp3) is 0.481. The summed E-state index contributed by atoms with van der Waals surface area (Å²) >= 11 is 0. The number of ether oxygens (including phenoxy) is 3. The molecular formula is C27H32F2N2O6. The Bertz CT molecular complexity index is 1120. The van der Waals surface area contributed by atoms with Gasteiger partial charge in [-0.25, -0.2) is 13.6 Å². The second-order valence-corrected chi connectivity index (χ2v) is 9.70. The van der Waals surface area contributed by atoms with Crippen LogP contribution in [-0.4, -0.2) is 62.1 Å². The predicted octanol–water partition coefficient (Wildman–Crippen LogP) is 2.82. The molecule has 1 aliphatic carbocycles. The van der Waals surface area contributed by atoms with E-state index in [1.54, 1.807) is 18.2 Å². The highest BCUT2D eigenvalue weighted by Gasteiger charge is 2.45. The van der Waals surface area contributed by atoms with Crippen LogP contribution in [0.5, 0.6) is 5.75 Å². The topological polar surface area (TPSA) is 106 Å². The molecule has 37 heavy (non-hydrogen) atoms. The zero-order valence-electron chi connectivity index (χ0n) is 20.9. The number of hydrogen-bond acceptors (Lipinski definition) is 7. The molecule has 1 spiro atoms. The van der Waals surface area contributed by atoms with Crippen LogP contribution in [0.15, 0.2) is 36.4 Å². The van der Waals surface area contributed by atoms with Crippen LogP contribution < -0.4 is 15.4 Å². The van der Waals surface area contributed by atoms with Crippen molar-refractivity contribution in [2.24, 2.45) is 0 Å². The fourth-order valence-corrected chi connectivity index (χ4v) is 5.03. The summed E-state index contributed by atoms with van der Waals surface area (Å²) in [7, 11) is 2.69. The number of aliphatic hydroxyl groups excluding tert-OH is 1. The summed E-state index contributed by atoms with van der Waals surface area (Å²) in [5.41, 5.74) is 1.17. The first-order chi connectivity index (χ1) is 17.7. The number of carbonyl (C=O) groups excluding carboxylic acids is 2. The minimum atomic E-state index is -1.10. The molecule has 1 saturated carbocycles. The first kappa shape index (κ1) is 27.0. The second-order valence-electron chi connectivity index (χ2n) is 9.70. The van der Waals surface area contributed by atoms with Crippen LogP contribution >= 0.6 is 0 Å². The van der Waals surface area contributed by atoms with E-state index in [4.69, 9.17) is 14.2 Å². The van der Waals surface area contributed by atoms with E-state index < -0.39 is 35.7 Å². The fourth-order valence-electron chi connectivity index (χ4n) is 5.03. The van der Waals surface area contributed by atoms with Gasteiger partial charge in [-0.1, -0.05) is 0 Å². The second kappa shape index (κ2) is 11.5. The number of amides is 1. The van der Waals surface area contributed by atoms with Crippen molar-refractivity contribution >= 4 is 11.9 Å². The summed E-state index contributed by atoms with van der Waals surface area (Å²) in [6, 6.07) is 7.18. The number of esters is 1. The van der Waals surface area contributed by atoms with Gasteiger partial charge < -0.3 is 30.0 Å². The van der Waals surface area contributed by atoms with Gasteiger partial charge in [0.15, 0.2) is 0 Å². The Morgan fingerprint density at radius 3 is 2.51 bits per heavy atom. The maximum atomic E-state index is 13.8. The average Bonchev–Trinajstić information content (AvgIpc) is 2.84. The van der Waals surface area contributed by atoms with E-state index in [0.29, 0.717) is 23.3 Å². The van der Waals surface area contributed by atoms with Crippen LogP contribution in [0.4, 0.5) is 8.78 Å². The van der Waals surface area contributed by atoms with Crippen molar-refractivity contribution in [2.45, 2.75) is 55.9 Å². The molecule has 2 aromatic carbocycles. The maximum absolute atomic E-state index is 13.8. The van der Waals surface area contributed by atoms with Gasteiger partial charge in [-0.15, -0.1) is 0 Å².